The fourth-order valence-corrected chi connectivity index (χ4v) is 2.02. The quantitative estimate of drug-likeness (QED) is 0.761. The zero-order valence-electron chi connectivity index (χ0n) is 13.0. The van der Waals surface area contributed by atoms with Crippen LogP contribution in [0.4, 0.5) is 4.39 Å². The lowest BCUT2D eigenvalue weighted by Gasteiger charge is -2.08. The Kier molecular flexibility index (Phi) is 6.56. The van der Waals surface area contributed by atoms with Crippen LogP contribution in [0.1, 0.15) is 22.3 Å². The SMILES string of the molecule is COCc1ccc(C(=O)NCCCOc2ccc(F)cc2)cc1. The molecule has 0 unspecified atom stereocenters. The van der Waals surface area contributed by atoms with Crippen molar-refractivity contribution in [2.24, 2.45) is 0 Å². The minimum absolute atomic E-state index is 0.115. The highest BCUT2D eigenvalue weighted by atomic mass is 19.1. The fourth-order valence-electron chi connectivity index (χ4n) is 2.02. The van der Waals surface area contributed by atoms with Gasteiger partial charge in [0.1, 0.15) is 11.6 Å². The monoisotopic (exact) mass is 317 g/mol. The number of hydrogen-bond acceptors (Lipinski definition) is 3. The summed E-state index contributed by atoms with van der Waals surface area (Å²) >= 11 is 0. The van der Waals surface area contributed by atoms with Gasteiger partial charge in [-0.15, -0.1) is 0 Å². The average molecular weight is 317 g/mol. The molecule has 0 atom stereocenters. The molecule has 0 fully saturated rings. The van der Waals surface area contributed by atoms with Crippen LogP contribution in [0.3, 0.4) is 0 Å². The number of methoxy groups -OCH3 is 1. The number of amides is 1. The minimum Gasteiger partial charge on any atom is -0.494 e. The zero-order chi connectivity index (χ0) is 16.5. The van der Waals surface area contributed by atoms with Crippen LogP contribution < -0.4 is 10.1 Å². The zero-order valence-corrected chi connectivity index (χ0v) is 13.0. The van der Waals surface area contributed by atoms with E-state index >= 15 is 0 Å². The van der Waals surface area contributed by atoms with E-state index < -0.39 is 0 Å². The van der Waals surface area contributed by atoms with Crippen molar-refractivity contribution in [3.63, 3.8) is 0 Å². The van der Waals surface area contributed by atoms with Gasteiger partial charge in [-0.1, -0.05) is 12.1 Å². The molecule has 1 amide bonds. The molecule has 23 heavy (non-hydrogen) atoms. The van der Waals surface area contributed by atoms with E-state index in [1.807, 2.05) is 12.1 Å². The van der Waals surface area contributed by atoms with Gasteiger partial charge in [0.15, 0.2) is 0 Å². The third-order valence-corrected chi connectivity index (χ3v) is 3.22. The Hall–Kier alpha value is -2.40. The maximum Gasteiger partial charge on any atom is 0.251 e. The number of nitrogens with one attached hydrogen (secondary N) is 1. The Morgan fingerprint density at radius 3 is 2.43 bits per heavy atom. The standard InChI is InChI=1S/C18H20FNO3/c1-22-13-14-3-5-15(6-4-14)18(21)20-11-2-12-23-17-9-7-16(19)8-10-17/h3-10H,2,11-13H2,1H3,(H,20,21). The van der Waals surface area contributed by atoms with Gasteiger partial charge < -0.3 is 14.8 Å². The smallest absolute Gasteiger partial charge is 0.251 e. The van der Waals surface area contributed by atoms with E-state index in [0.29, 0.717) is 37.5 Å². The number of rotatable bonds is 8. The molecular weight excluding hydrogens is 297 g/mol. The molecule has 0 heterocycles. The maximum absolute atomic E-state index is 12.7. The molecular formula is C18H20FNO3. The molecule has 122 valence electrons. The Morgan fingerprint density at radius 1 is 1.09 bits per heavy atom. The van der Waals surface area contributed by atoms with Crippen LogP contribution in [0, 0.1) is 5.82 Å². The van der Waals surface area contributed by atoms with E-state index in [4.69, 9.17) is 9.47 Å². The second-order valence-corrected chi connectivity index (χ2v) is 5.04. The summed E-state index contributed by atoms with van der Waals surface area (Å²) in [6.45, 7) is 1.50. The molecule has 2 rings (SSSR count). The number of ether oxygens (including phenoxy) is 2. The molecule has 4 nitrogen and oxygen atoms in total. The van der Waals surface area contributed by atoms with E-state index in [2.05, 4.69) is 5.32 Å². The summed E-state index contributed by atoms with van der Waals surface area (Å²) in [5.74, 6) is 0.211. The molecule has 5 heteroatoms. The molecule has 0 spiro atoms. The Morgan fingerprint density at radius 2 is 1.78 bits per heavy atom. The summed E-state index contributed by atoms with van der Waals surface area (Å²) in [6, 6.07) is 13.2. The Bertz CT molecular complexity index is 611. The lowest BCUT2D eigenvalue weighted by molar-refractivity contribution is 0.0951. The van der Waals surface area contributed by atoms with E-state index in [1.165, 1.54) is 12.1 Å². The third-order valence-electron chi connectivity index (χ3n) is 3.22. The summed E-state index contributed by atoms with van der Waals surface area (Å²) in [7, 11) is 1.63. The van der Waals surface area contributed by atoms with Gasteiger partial charge in [-0.3, -0.25) is 4.79 Å². The number of benzene rings is 2. The summed E-state index contributed by atoms with van der Waals surface area (Å²) < 4.78 is 23.2. The first-order valence-corrected chi connectivity index (χ1v) is 7.43. The van der Waals surface area contributed by atoms with Crippen molar-refractivity contribution in [1.29, 1.82) is 0 Å². The van der Waals surface area contributed by atoms with Gasteiger partial charge in [-0.05, 0) is 48.4 Å². The molecule has 0 aliphatic rings. The first kappa shape index (κ1) is 17.0. The molecule has 0 aliphatic carbocycles. The van der Waals surface area contributed by atoms with Crippen LogP contribution in [0.2, 0.25) is 0 Å². The number of hydrogen-bond donors (Lipinski definition) is 1. The van der Waals surface area contributed by atoms with Crippen LogP contribution in [-0.4, -0.2) is 26.2 Å². The van der Waals surface area contributed by atoms with Crippen molar-refractivity contribution in [1.82, 2.24) is 5.32 Å². The van der Waals surface area contributed by atoms with Crippen molar-refractivity contribution < 1.29 is 18.7 Å². The lowest BCUT2D eigenvalue weighted by Crippen LogP contribution is -2.25. The first-order chi connectivity index (χ1) is 11.2. The number of carbonyl (C=O) groups is 1. The summed E-state index contributed by atoms with van der Waals surface area (Å²) in [4.78, 5) is 12.0. The van der Waals surface area contributed by atoms with Crippen molar-refractivity contribution >= 4 is 5.91 Å². The first-order valence-electron chi connectivity index (χ1n) is 7.43. The van der Waals surface area contributed by atoms with Crippen LogP contribution in [-0.2, 0) is 11.3 Å². The minimum atomic E-state index is -0.291. The molecule has 2 aromatic carbocycles. The van der Waals surface area contributed by atoms with Crippen molar-refractivity contribution in [3.8, 4) is 5.75 Å². The maximum atomic E-state index is 12.7. The van der Waals surface area contributed by atoms with Crippen LogP contribution >= 0.6 is 0 Å². The summed E-state index contributed by atoms with van der Waals surface area (Å²) in [6.07, 6.45) is 0.672. The van der Waals surface area contributed by atoms with Gasteiger partial charge in [-0.25, -0.2) is 4.39 Å². The van der Waals surface area contributed by atoms with Crippen LogP contribution in [0.15, 0.2) is 48.5 Å². The third kappa shape index (κ3) is 5.71. The highest BCUT2D eigenvalue weighted by Crippen LogP contribution is 2.11. The van der Waals surface area contributed by atoms with Gasteiger partial charge in [0.25, 0.3) is 5.91 Å². The van der Waals surface area contributed by atoms with Gasteiger partial charge in [0.05, 0.1) is 13.2 Å². The number of halogens is 1. The average Bonchev–Trinajstić information content (AvgIpc) is 2.57. The Labute approximate surface area is 135 Å². The van der Waals surface area contributed by atoms with Crippen LogP contribution in [0.25, 0.3) is 0 Å². The highest BCUT2D eigenvalue weighted by Gasteiger charge is 2.04. The molecule has 0 aromatic heterocycles. The van der Waals surface area contributed by atoms with Gasteiger partial charge in [0, 0.05) is 19.2 Å². The van der Waals surface area contributed by atoms with Crippen molar-refractivity contribution in [2.45, 2.75) is 13.0 Å². The molecule has 0 saturated heterocycles. The van der Waals surface area contributed by atoms with E-state index in [9.17, 15) is 9.18 Å². The molecule has 2 aromatic rings. The fraction of sp³-hybridized carbons (Fsp3) is 0.278. The largest absolute Gasteiger partial charge is 0.494 e. The van der Waals surface area contributed by atoms with E-state index in [0.717, 1.165) is 5.56 Å². The van der Waals surface area contributed by atoms with Gasteiger partial charge in [-0.2, -0.15) is 0 Å². The molecule has 0 radical (unpaired) electrons. The van der Waals surface area contributed by atoms with Crippen molar-refractivity contribution in [3.05, 3.63) is 65.5 Å². The predicted molar refractivity (Wildman–Crippen MR) is 86.0 cm³/mol. The molecule has 0 aliphatic heterocycles. The molecule has 0 saturated carbocycles. The Balaban J connectivity index is 1.67. The molecule has 0 bridgehead atoms. The normalized spacial score (nSPS) is 10.3. The second kappa shape index (κ2) is 8.90. The van der Waals surface area contributed by atoms with Crippen LogP contribution in [0.5, 0.6) is 5.75 Å². The van der Waals surface area contributed by atoms with Gasteiger partial charge >= 0.3 is 0 Å². The highest BCUT2D eigenvalue weighted by molar-refractivity contribution is 5.94. The summed E-state index contributed by atoms with van der Waals surface area (Å²) in [5, 5.41) is 2.84. The number of carbonyl (C=O) groups excluding carboxylic acids is 1. The van der Waals surface area contributed by atoms with Gasteiger partial charge in [0.2, 0.25) is 0 Å². The second-order valence-electron chi connectivity index (χ2n) is 5.04. The summed E-state index contributed by atoms with van der Waals surface area (Å²) in [5.41, 5.74) is 1.64. The van der Waals surface area contributed by atoms with E-state index in [1.54, 1.807) is 31.4 Å². The topological polar surface area (TPSA) is 47.6 Å². The molecule has 1 N–H and O–H groups in total. The van der Waals surface area contributed by atoms with E-state index in [-0.39, 0.29) is 11.7 Å². The lowest BCUT2D eigenvalue weighted by atomic mass is 10.1. The van der Waals surface area contributed by atoms with Crippen molar-refractivity contribution in [2.75, 3.05) is 20.3 Å². The predicted octanol–water partition coefficient (Wildman–Crippen LogP) is 3.17.